The third kappa shape index (κ3) is 7.84. The number of H-pyrrole nitrogens is 1. The number of aromatic amines is 1. The summed E-state index contributed by atoms with van der Waals surface area (Å²) in [5, 5.41) is 22.7. The highest BCUT2D eigenvalue weighted by molar-refractivity contribution is 6.31. The van der Waals surface area contributed by atoms with Gasteiger partial charge in [0.15, 0.2) is 11.5 Å². The normalized spacial score (nSPS) is 15.9. The number of amides is 1. The molecule has 330 valence electrons. The first-order chi connectivity index (χ1) is 31.5. The molecule has 10 rings (SSSR count). The van der Waals surface area contributed by atoms with Crippen molar-refractivity contribution >= 4 is 75.1 Å². The summed E-state index contributed by atoms with van der Waals surface area (Å²) in [6, 6.07) is 11.2. The van der Waals surface area contributed by atoms with Gasteiger partial charge in [-0.3, -0.25) is 19.6 Å². The van der Waals surface area contributed by atoms with E-state index in [1.165, 1.54) is 22.9 Å². The lowest BCUT2D eigenvalue weighted by Crippen LogP contribution is -2.32. The molecular formula is C46H41ClF2N12O4. The summed E-state index contributed by atoms with van der Waals surface area (Å²) in [6.07, 6.45) is 12.8. The van der Waals surface area contributed by atoms with Crippen molar-refractivity contribution in [1.29, 1.82) is 0 Å². The molecule has 0 spiro atoms. The van der Waals surface area contributed by atoms with E-state index in [0.717, 1.165) is 5.39 Å². The zero-order chi connectivity index (χ0) is 44.9. The number of hydrogen-bond acceptors (Lipinski definition) is 11. The Hall–Kier alpha value is -7.44. The number of fused-ring (bicyclic) bond motifs is 6. The summed E-state index contributed by atoms with van der Waals surface area (Å²) in [6.45, 7) is 3.48. The molecule has 0 atom stereocenters. The number of halogens is 3. The second kappa shape index (κ2) is 16.9. The molecule has 16 nitrogen and oxygen atoms in total. The molecule has 1 amide bonds. The van der Waals surface area contributed by atoms with E-state index in [0.29, 0.717) is 111 Å². The fourth-order valence-electron chi connectivity index (χ4n) is 8.06. The number of carbonyl (C=O) groups excluding carboxylic acids is 1. The largest absolute Gasteiger partial charge is 0.493 e. The van der Waals surface area contributed by atoms with E-state index in [1.54, 1.807) is 84.4 Å². The standard InChI is InChI=1S/C46H41ClF2N12O4/c1-26-44-32-21-37(52-26)33-23-51-59(4)46(33)65-15-5-14-64-40-11-8-29(48)18-27(40)6-10-36(32)55-61(44)39-20-30(19-34(47)42(39)49)60-13-17-63-16-12-57(2)45(62)43-28(25-58(3)56-43)7-9-35-31-22-41(60)50-24-38(31)54-53-35/h6-11,18-25H,5,12-17H2,1-4H3,(H,53,54)/b9-7+,10-6+. The summed E-state index contributed by atoms with van der Waals surface area (Å²) < 4.78 is 54.6. The molecule has 0 aliphatic carbocycles. The van der Waals surface area contributed by atoms with Crippen molar-refractivity contribution < 1.29 is 27.8 Å². The number of ether oxygens (including phenoxy) is 3. The number of pyridine rings is 2. The van der Waals surface area contributed by atoms with Crippen molar-refractivity contribution in [1.82, 2.24) is 54.4 Å². The first-order valence-electron chi connectivity index (χ1n) is 20.8. The lowest BCUT2D eigenvalue weighted by Gasteiger charge is -2.25. The number of aromatic nitrogens is 10. The molecule has 0 radical (unpaired) electrons. The van der Waals surface area contributed by atoms with E-state index < -0.39 is 11.6 Å². The van der Waals surface area contributed by atoms with Crippen molar-refractivity contribution in [2.24, 2.45) is 14.1 Å². The molecule has 0 fully saturated rings. The van der Waals surface area contributed by atoms with E-state index in [9.17, 15) is 9.18 Å². The van der Waals surface area contributed by atoms with Crippen molar-refractivity contribution in [2.75, 3.05) is 51.5 Å². The molecule has 0 saturated heterocycles. The van der Waals surface area contributed by atoms with Crippen LogP contribution in [0.3, 0.4) is 0 Å². The Kier molecular flexibility index (Phi) is 10.8. The number of aryl methyl sites for hydroxylation is 3. The Bertz CT molecular complexity index is 3230. The van der Waals surface area contributed by atoms with Crippen LogP contribution in [0.5, 0.6) is 11.6 Å². The third-order valence-electron chi connectivity index (χ3n) is 11.3. The lowest BCUT2D eigenvalue weighted by atomic mass is 10.1. The van der Waals surface area contributed by atoms with Crippen molar-refractivity contribution in [3.8, 4) is 28.6 Å². The quantitative estimate of drug-likeness (QED) is 0.180. The van der Waals surface area contributed by atoms with Crippen LogP contribution in [0.1, 0.15) is 45.1 Å². The monoisotopic (exact) mass is 898 g/mol. The van der Waals surface area contributed by atoms with E-state index in [-0.39, 0.29) is 36.4 Å². The van der Waals surface area contributed by atoms with Crippen LogP contribution >= 0.6 is 11.6 Å². The number of nitrogens with one attached hydrogen (secondary N) is 1. The molecule has 19 heteroatoms. The van der Waals surface area contributed by atoms with Gasteiger partial charge in [0, 0.05) is 74.4 Å². The molecule has 8 heterocycles. The molecule has 4 bridgehead atoms. The van der Waals surface area contributed by atoms with Crippen LogP contribution in [0.2, 0.25) is 5.02 Å². The van der Waals surface area contributed by atoms with Gasteiger partial charge in [0.2, 0.25) is 5.88 Å². The van der Waals surface area contributed by atoms with E-state index in [1.807, 2.05) is 30.0 Å². The first-order valence-corrected chi connectivity index (χ1v) is 21.2. The number of anilines is 2. The highest BCUT2D eigenvalue weighted by Crippen LogP contribution is 2.38. The summed E-state index contributed by atoms with van der Waals surface area (Å²) in [5.74, 6) is 0.112. The average molecular weight is 899 g/mol. The van der Waals surface area contributed by atoms with Crippen molar-refractivity contribution in [2.45, 2.75) is 13.3 Å². The summed E-state index contributed by atoms with van der Waals surface area (Å²) in [4.78, 5) is 26.7. The van der Waals surface area contributed by atoms with Gasteiger partial charge in [-0.15, -0.1) is 0 Å². The van der Waals surface area contributed by atoms with Gasteiger partial charge in [-0.2, -0.15) is 20.4 Å². The smallest absolute Gasteiger partial charge is 0.274 e. The number of likely N-dealkylation sites (N-methyl/N-ethyl adjacent to an activating group) is 1. The Morgan fingerprint density at radius 2 is 1.66 bits per heavy atom. The number of nitrogens with zero attached hydrogens (tertiary/aromatic N) is 11. The van der Waals surface area contributed by atoms with Crippen LogP contribution in [0.25, 0.3) is 63.1 Å². The Balaban J connectivity index is 1.12. The first kappa shape index (κ1) is 41.6. The average Bonchev–Trinajstić information content (AvgIpc) is 4.07. The van der Waals surface area contributed by atoms with Crippen molar-refractivity contribution in [3.05, 3.63) is 112 Å². The molecule has 0 unspecified atom stereocenters. The predicted octanol–water partition coefficient (Wildman–Crippen LogP) is 7.81. The van der Waals surface area contributed by atoms with Crippen LogP contribution in [0, 0.1) is 18.6 Å². The SMILES string of the molecule is Cc1nc2cc3c(nn(-c4cc(N5CCOCCN(C)C(=O)c6nn(C)cc6/C=C/c6n[nH]c7cnc5cc67)cc(Cl)c4F)c13)/C=C/c1cc(F)ccc1OCCCOc1c-2cnn1C. The highest BCUT2D eigenvalue weighted by Gasteiger charge is 2.25. The second-order valence-electron chi connectivity index (χ2n) is 15.7. The van der Waals surface area contributed by atoms with Crippen LogP contribution in [-0.2, 0) is 18.8 Å². The molecule has 65 heavy (non-hydrogen) atoms. The molecule has 6 aromatic heterocycles. The summed E-state index contributed by atoms with van der Waals surface area (Å²) >= 11 is 6.82. The number of carbonyl (C=O) groups is 1. The van der Waals surface area contributed by atoms with Crippen molar-refractivity contribution in [3.63, 3.8) is 0 Å². The maximum absolute atomic E-state index is 16.8. The van der Waals surface area contributed by atoms with Gasteiger partial charge in [-0.25, -0.2) is 23.1 Å². The summed E-state index contributed by atoms with van der Waals surface area (Å²) in [7, 11) is 5.25. The third-order valence-corrected chi connectivity index (χ3v) is 11.6. The maximum Gasteiger partial charge on any atom is 0.274 e. The highest BCUT2D eigenvalue weighted by atomic mass is 35.5. The molecule has 0 saturated carbocycles. The zero-order valence-corrected chi connectivity index (χ0v) is 36.5. The van der Waals surface area contributed by atoms with Gasteiger partial charge in [-0.05, 0) is 73.7 Å². The van der Waals surface area contributed by atoms with Gasteiger partial charge < -0.3 is 24.0 Å². The molecule has 2 aliphatic heterocycles. The Morgan fingerprint density at radius 1 is 0.846 bits per heavy atom. The number of hydrogen-bond donors (Lipinski definition) is 1. The fraction of sp³-hybridized carbons (Fsp3) is 0.239. The van der Waals surface area contributed by atoms with Crippen LogP contribution in [0.4, 0.5) is 20.3 Å². The molecule has 1 N–H and O–H groups in total. The molecule has 2 aliphatic rings. The number of benzene rings is 2. The van der Waals surface area contributed by atoms with Gasteiger partial charge >= 0.3 is 0 Å². The van der Waals surface area contributed by atoms with E-state index in [2.05, 4.69) is 20.4 Å². The van der Waals surface area contributed by atoms with Crippen LogP contribution < -0.4 is 14.4 Å². The second-order valence-corrected chi connectivity index (χ2v) is 16.1. The minimum absolute atomic E-state index is 0.0397. The summed E-state index contributed by atoms with van der Waals surface area (Å²) in [5.41, 5.74) is 5.97. The van der Waals surface area contributed by atoms with Gasteiger partial charge in [-0.1, -0.05) is 11.6 Å². The fourth-order valence-corrected chi connectivity index (χ4v) is 8.27. The van der Waals surface area contributed by atoms with Gasteiger partial charge in [0.25, 0.3) is 5.91 Å². The van der Waals surface area contributed by atoms with E-state index >= 15 is 4.39 Å². The molecule has 8 aromatic rings. The van der Waals surface area contributed by atoms with Gasteiger partial charge in [0.1, 0.15) is 23.1 Å². The maximum atomic E-state index is 16.8. The minimum Gasteiger partial charge on any atom is -0.493 e. The van der Waals surface area contributed by atoms with E-state index in [4.69, 9.17) is 40.9 Å². The van der Waals surface area contributed by atoms with Gasteiger partial charge in [0.05, 0.1) is 83.2 Å². The Labute approximate surface area is 375 Å². The van der Waals surface area contributed by atoms with Crippen LogP contribution in [-0.4, -0.2) is 107 Å². The predicted molar refractivity (Wildman–Crippen MR) is 243 cm³/mol. The zero-order valence-electron chi connectivity index (χ0n) is 35.7. The topological polar surface area (TPSA) is 159 Å². The lowest BCUT2D eigenvalue weighted by molar-refractivity contribution is 0.0698. The number of rotatable bonds is 2. The Morgan fingerprint density at radius 3 is 2.54 bits per heavy atom. The molecule has 2 aromatic carbocycles. The molecular weight excluding hydrogens is 858 g/mol. The minimum atomic E-state index is -0.719. The van der Waals surface area contributed by atoms with Crippen LogP contribution in [0.15, 0.2) is 61.1 Å².